The number of phenolic OH excluding ortho intramolecular Hbond substituents is 1. The molecule has 2 saturated heterocycles. The lowest BCUT2D eigenvalue weighted by atomic mass is 9.95. The van der Waals surface area contributed by atoms with Crippen molar-refractivity contribution in [2.45, 2.75) is 62.9 Å². The smallest absolute Gasteiger partial charge is 0.319 e. The highest BCUT2D eigenvalue weighted by Crippen LogP contribution is 2.44. The number of ether oxygens (including phenoxy) is 2. The van der Waals surface area contributed by atoms with Crippen LogP contribution < -0.4 is 20.5 Å². The summed E-state index contributed by atoms with van der Waals surface area (Å²) < 4.78 is 59.3. The molecular formula is C37H34F3N7O3. The summed E-state index contributed by atoms with van der Waals surface area (Å²) in [6, 6.07) is 8.77. The zero-order valence-electron chi connectivity index (χ0n) is 27.1. The van der Waals surface area contributed by atoms with E-state index in [1.54, 1.807) is 18.3 Å². The van der Waals surface area contributed by atoms with Crippen molar-refractivity contribution < 1.29 is 27.8 Å². The molecule has 0 bridgehead atoms. The molecule has 5 heterocycles. The third-order valence-electron chi connectivity index (χ3n) is 10.1. The van der Waals surface area contributed by atoms with E-state index in [-0.39, 0.29) is 75.8 Å². The Morgan fingerprint density at radius 3 is 2.76 bits per heavy atom. The second-order valence-corrected chi connectivity index (χ2v) is 13.3. The number of benzene rings is 2. The fraction of sp³-hybridized carbons (Fsp3) is 0.351. The third-order valence-corrected chi connectivity index (χ3v) is 10.1. The molecule has 1 saturated carbocycles. The molecule has 3 fully saturated rings. The van der Waals surface area contributed by atoms with E-state index >= 15 is 8.78 Å². The third kappa shape index (κ3) is 5.53. The van der Waals surface area contributed by atoms with Crippen LogP contribution in [0.25, 0.3) is 32.9 Å². The van der Waals surface area contributed by atoms with E-state index < -0.39 is 23.3 Å². The number of halogens is 3. The number of nitrogen functional groups attached to an aromatic ring is 1. The Morgan fingerprint density at radius 2 is 1.98 bits per heavy atom. The Kier molecular flexibility index (Phi) is 7.98. The highest BCUT2D eigenvalue weighted by Gasteiger charge is 2.49. The van der Waals surface area contributed by atoms with E-state index in [2.05, 4.69) is 36.1 Å². The SMILES string of the molecule is C#Cc1c(F)ccc2cc(O)cc(-c3nc(OC4CCC4)c4c(NCc5cccnc5N)nc(OC[C@@]56CCCN5C[C@H](F)C6)nc4c3F)c12. The Labute approximate surface area is 285 Å². The number of fused-ring (bicyclic) bond motifs is 3. The molecule has 3 aromatic heterocycles. The summed E-state index contributed by atoms with van der Waals surface area (Å²) in [7, 11) is 0. The molecule has 5 aromatic rings. The highest BCUT2D eigenvalue weighted by atomic mass is 19.1. The first kappa shape index (κ1) is 31.9. The molecule has 0 spiro atoms. The van der Waals surface area contributed by atoms with E-state index in [4.69, 9.17) is 21.6 Å². The second kappa shape index (κ2) is 12.5. The van der Waals surface area contributed by atoms with Gasteiger partial charge in [0.2, 0.25) is 5.88 Å². The van der Waals surface area contributed by atoms with Crippen molar-refractivity contribution in [1.82, 2.24) is 24.8 Å². The molecule has 13 heteroatoms. The van der Waals surface area contributed by atoms with Gasteiger partial charge in [-0.25, -0.2) is 23.1 Å². The predicted octanol–water partition coefficient (Wildman–Crippen LogP) is 6.29. The maximum absolute atomic E-state index is 17.2. The van der Waals surface area contributed by atoms with Gasteiger partial charge in [0.25, 0.3) is 0 Å². The summed E-state index contributed by atoms with van der Waals surface area (Å²) >= 11 is 0. The highest BCUT2D eigenvalue weighted by molar-refractivity contribution is 6.04. The molecular weight excluding hydrogens is 647 g/mol. The topological polar surface area (TPSA) is 132 Å². The molecule has 2 atom stereocenters. The van der Waals surface area contributed by atoms with Gasteiger partial charge in [-0.05, 0) is 68.3 Å². The van der Waals surface area contributed by atoms with E-state index in [0.717, 1.165) is 38.6 Å². The Morgan fingerprint density at radius 1 is 1.12 bits per heavy atom. The monoisotopic (exact) mass is 681 g/mol. The quantitative estimate of drug-likeness (QED) is 0.153. The molecule has 10 nitrogen and oxygen atoms in total. The van der Waals surface area contributed by atoms with Crippen molar-refractivity contribution in [2.75, 3.05) is 30.7 Å². The summed E-state index contributed by atoms with van der Waals surface area (Å²) in [5.41, 5.74) is 5.81. The Hall–Kier alpha value is -5.35. The molecule has 50 heavy (non-hydrogen) atoms. The van der Waals surface area contributed by atoms with E-state index in [0.29, 0.717) is 29.7 Å². The molecule has 4 N–H and O–H groups in total. The maximum Gasteiger partial charge on any atom is 0.319 e. The van der Waals surface area contributed by atoms with Crippen LogP contribution in [0.15, 0.2) is 42.6 Å². The number of rotatable bonds is 9. The standard InChI is InChI=1S/C37H34F3N7O3/c1-2-25-27(39)10-9-20-14-23(48)15-26(28(20)25)31-30(40)32-29(35(44-31)50-24-7-3-8-24)34(43-17-21-6-4-12-42-33(21)41)46-36(45-32)49-19-37-11-5-13-47(37)18-22(38)16-37/h1,4,6,9-10,12,14-15,22,24,48H,3,5,7-8,11,13,16-19H2,(H2,41,42)(H,43,45,46)/t22-,37+/m1/s1. The number of pyridine rings is 2. The summed E-state index contributed by atoms with van der Waals surface area (Å²) in [4.78, 5) is 20.2. The number of aromatic hydroxyl groups is 1. The second-order valence-electron chi connectivity index (χ2n) is 13.3. The number of hydrogen-bond acceptors (Lipinski definition) is 10. The first-order chi connectivity index (χ1) is 24.2. The van der Waals surface area contributed by atoms with E-state index in [9.17, 15) is 9.50 Å². The fourth-order valence-electron chi connectivity index (χ4n) is 7.40. The van der Waals surface area contributed by atoms with Crippen LogP contribution in [-0.4, -0.2) is 67.5 Å². The number of nitrogens with one attached hydrogen (secondary N) is 1. The summed E-state index contributed by atoms with van der Waals surface area (Å²) in [5.74, 6) is 1.13. The summed E-state index contributed by atoms with van der Waals surface area (Å²) in [6.07, 6.45) is 10.6. The van der Waals surface area contributed by atoms with Gasteiger partial charge in [0.1, 0.15) is 58.7 Å². The van der Waals surface area contributed by atoms with Gasteiger partial charge in [0.15, 0.2) is 5.82 Å². The van der Waals surface area contributed by atoms with Gasteiger partial charge < -0.3 is 25.6 Å². The predicted molar refractivity (Wildman–Crippen MR) is 183 cm³/mol. The fourth-order valence-corrected chi connectivity index (χ4v) is 7.40. The van der Waals surface area contributed by atoms with Gasteiger partial charge in [0, 0.05) is 42.2 Å². The van der Waals surface area contributed by atoms with Crippen LogP contribution in [0.4, 0.5) is 24.8 Å². The largest absolute Gasteiger partial charge is 0.508 e. The molecule has 0 radical (unpaired) electrons. The van der Waals surface area contributed by atoms with E-state index in [1.807, 2.05) is 0 Å². The molecule has 3 aliphatic rings. The molecule has 2 aliphatic heterocycles. The van der Waals surface area contributed by atoms with Gasteiger partial charge in [-0.2, -0.15) is 9.97 Å². The number of nitrogens with zero attached hydrogens (tertiary/aromatic N) is 5. The molecule has 0 amide bonds. The van der Waals surface area contributed by atoms with Crippen LogP contribution in [0.2, 0.25) is 0 Å². The van der Waals surface area contributed by atoms with Crippen LogP contribution in [0, 0.1) is 24.0 Å². The zero-order valence-corrected chi connectivity index (χ0v) is 27.1. The number of phenols is 1. The van der Waals surface area contributed by atoms with Gasteiger partial charge in [-0.15, -0.1) is 6.42 Å². The molecule has 8 rings (SSSR count). The minimum absolute atomic E-state index is 0.0427. The minimum atomic E-state index is -0.967. The first-order valence-corrected chi connectivity index (χ1v) is 16.7. The molecule has 2 aromatic carbocycles. The van der Waals surface area contributed by atoms with Crippen molar-refractivity contribution in [1.29, 1.82) is 0 Å². The maximum atomic E-state index is 17.2. The van der Waals surface area contributed by atoms with Gasteiger partial charge in [-0.3, -0.25) is 4.90 Å². The zero-order chi connectivity index (χ0) is 34.6. The summed E-state index contributed by atoms with van der Waals surface area (Å²) in [6.45, 7) is 1.39. The number of nitrogens with two attached hydrogens (primary N) is 1. The molecule has 256 valence electrons. The van der Waals surface area contributed by atoms with Gasteiger partial charge in [-0.1, -0.05) is 18.1 Å². The first-order valence-electron chi connectivity index (χ1n) is 16.7. The average molecular weight is 682 g/mol. The minimum Gasteiger partial charge on any atom is -0.508 e. The van der Waals surface area contributed by atoms with Crippen molar-refractivity contribution >= 4 is 33.3 Å². The van der Waals surface area contributed by atoms with Crippen LogP contribution in [0.3, 0.4) is 0 Å². The van der Waals surface area contributed by atoms with Crippen molar-refractivity contribution in [3.05, 3.63) is 65.4 Å². The lowest BCUT2D eigenvalue weighted by Gasteiger charge is -2.31. The van der Waals surface area contributed by atoms with Gasteiger partial charge >= 0.3 is 6.01 Å². The Balaban J connectivity index is 1.32. The van der Waals surface area contributed by atoms with Gasteiger partial charge in [0.05, 0.1) is 11.1 Å². The Bertz CT molecular complexity index is 2190. The average Bonchev–Trinajstić information content (AvgIpc) is 3.61. The number of aromatic nitrogens is 4. The molecule has 1 aliphatic carbocycles. The van der Waals surface area contributed by atoms with Crippen molar-refractivity contribution in [3.8, 4) is 41.2 Å². The van der Waals surface area contributed by atoms with Crippen LogP contribution in [0.1, 0.15) is 49.7 Å². The van der Waals surface area contributed by atoms with Crippen LogP contribution >= 0.6 is 0 Å². The van der Waals surface area contributed by atoms with Crippen LogP contribution in [0.5, 0.6) is 17.6 Å². The number of terminal acetylenes is 1. The van der Waals surface area contributed by atoms with E-state index in [1.165, 1.54) is 24.3 Å². The summed E-state index contributed by atoms with van der Waals surface area (Å²) in [5, 5.41) is 14.7. The number of anilines is 2. The molecule has 0 unspecified atom stereocenters. The van der Waals surface area contributed by atoms with Crippen molar-refractivity contribution in [3.63, 3.8) is 0 Å². The number of alkyl halides is 1. The lowest BCUT2D eigenvalue weighted by Crippen LogP contribution is -2.43. The van der Waals surface area contributed by atoms with Crippen molar-refractivity contribution in [2.24, 2.45) is 0 Å². The van der Waals surface area contributed by atoms with Crippen LogP contribution in [-0.2, 0) is 6.54 Å². The lowest BCUT2D eigenvalue weighted by molar-refractivity contribution is 0.107. The number of hydrogen-bond donors (Lipinski definition) is 3. The normalized spacial score (nSPS) is 20.5.